The van der Waals surface area contributed by atoms with E-state index in [4.69, 9.17) is 0 Å². The van der Waals surface area contributed by atoms with E-state index in [1.165, 1.54) is 18.5 Å². The van der Waals surface area contributed by atoms with Gasteiger partial charge in [0, 0.05) is 23.5 Å². The molecule has 0 amide bonds. The molecule has 1 aromatic rings. The number of hydrogen-bond acceptors (Lipinski definition) is 3. The second-order valence-electron chi connectivity index (χ2n) is 1.79. The summed E-state index contributed by atoms with van der Waals surface area (Å²) in [7, 11) is 0. The van der Waals surface area contributed by atoms with Crippen LogP contribution in [0.15, 0.2) is 18.5 Å². The monoisotopic (exact) mass is 195 g/mol. The van der Waals surface area contributed by atoms with Crippen LogP contribution in [-0.2, 0) is 0 Å². The second kappa shape index (κ2) is 11.5. The van der Waals surface area contributed by atoms with Crippen LogP contribution in [0.1, 0.15) is 48.4 Å². The number of aromatic nitrogens is 1. The minimum absolute atomic E-state index is 0.421. The molecule has 78 valence electrons. The largest absolute Gasteiger partial charge is 0.298 e. The van der Waals surface area contributed by atoms with E-state index in [1.54, 1.807) is 0 Å². The van der Waals surface area contributed by atoms with Gasteiger partial charge in [-0.25, -0.2) is 0 Å². The number of carbonyl (C=O) groups excluding carboxylic acids is 2. The highest BCUT2D eigenvalue weighted by Crippen LogP contribution is 1.95. The fourth-order valence-corrected chi connectivity index (χ4v) is 0.605. The number of nitrogens with zero attached hydrogens (tertiary/aromatic N) is 1. The molecule has 0 bridgehead atoms. The fourth-order valence-electron chi connectivity index (χ4n) is 0.605. The van der Waals surface area contributed by atoms with E-state index in [-0.39, 0.29) is 0 Å². The number of rotatable bonds is 2. The molecule has 0 fully saturated rings. The predicted molar refractivity (Wildman–Crippen MR) is 57.7 cm³/mol. The molecule has 0 saturated carbocycles. The Bertz CT molecular complexity index is 236. The highest BCUT2D eigenvalue weighted by Gasteiger charge is 1.91. The molecule has 0 aliphatic carbocycles. The van der Waals surface area contributed by atoms with Gasteiger partial charge < -0.3 is 0 Å². The maximum absolute atomic E-state index is 10.1. The van der Waals surface area contributed by atoms with Gasteiger partial charge in [0.1, 0.15) is 0 Å². The summed E-state index contributed by atoms with van der Waals surface area (Å²) in [5, 5.41) is 0. The maximum Gasteiger partial charge on any atom is 0.151 e. The summed E-state index contributed by atoms with van der Waals surface area (Å²) in [5.74, 6) is 0. The molecule has 1 aromatic heterocycles. The van der Waals surface area contributed by atoms with Crippen LogP contribution >= 0.6 is 0 Å². The summed E-state index contributed by atoms with van der Waals surface area (Å²) in [6.07, 6.45) is 4.11. The third kappa shape index (κ3) is 6.06. The molecule has 1 rings (SSSR count). The van der Waals surface area contributed by atoms with Crippen molar-refractivity contribution in [3.63, 3.8) is 0 Å². The van der Waals surface area contributed by atoms with Crippen LogP contribution in [0.4, 0.5) is 0 Å². The summed E-state index contributed by atoms with van der Waals surface area (Å²) in [5.41, 5.74) is 0.842. The van der Waals surface area contributed by atoms with E-state index in [1.807, 2.05) is 27.7 Å². The van der Waals surface area contributed by atoms with Crippen molar-refractivity contribution in [1.29, 1.82) is 0 Å². The van der Waals surface area contributed by atoms with Crippen LogP contribution < -0.4 is 0 Å². The molecule has 0 N–H and O–H groups in total. The van der Waals surface area contributed by atoms with Crippen molar-refractivity contribution in [2.75, 3.05) is 0 Å². The molecule has 0 saturated heterocycles. The van der Waals surface area contributed by atoms with Crippen molar-refractivity contribution in [3.8, 4) is 0 Å². The van der Waals surface area contributed by atoms with Gasteiger partial charge in [0.15, 0.2) is 12.6 Å². The van der Waals surface area contributed by atoms with Gasteiger partial charge in [0.25, 0.3) is 0 Å². The first-order valence-corrected chi connectivity index (χ1v) is 4.72. The number of hydrogen-bond donors (Lipinski definition) is 0. The molecule has 3 nitrogen and oxygen atoms in total. The first kappa shape index (κ1) is 15.0. The minimum Gasteiger partial charge on any atom is -0.298 e. The van der Waals surface area contributed by atoms with Gasteiger partial charge in [0.05, 0.1) is 0 Å². The third-order valence-electron chi connectivity index (χ3n) is 1.05. The van der Waals surface area contributed by atoms with E-state index in [9.17, 15) is 9.59 Å². The number of pyridine rings is 1. The molecule has 0 radical (unpaired) electrons. The van der Waals surface area contributed by atoms with E-state index < -0.39 is 0 Å². The highest BCUT2D eigenvalue weighted by molar-refractivity contribution is 5.80. The average molecular weight is 195 g/mol. The molecule has 0 unspecified atom stereocenters. The molecule has 0 atom stereocenters. The summed E-state index contributed by atoms with van der Waals surface area (Å²) in [4.78, 5) is 23.9. The normalized spacial score (nSPS) is 7.14. The standard InChI is InChI=1S/C7H5NO2.2C2H6/c9-4-6-1-7(5-10)3-8-2-6;2*1-2/h1-5H;2*1-2H3. The van der Waals surface area contributed by atoms with Crippen molar-refractivity contribution >= 4 is 12.6 Å². The Balaban J connectivity index is 0. The van der Waals surface area contributed by atoms with Gasteiger partial charge in [-0.1, -0.05) is 27.7 Å². The molecule has 0 aliphatic rings. The van der Waals surface area contributed by atoms with Crippen LogP contribution in [0.25, 0.3) is 0 Å². The van der Waals surface area contributed by atoms with E-state index in [0.717, 1.165) is 0 Å². The summed E-state index contributed by atoms with van der Waals surface area (Å²) in [6, 6.07) is 1.48. The topological polar surface area (TPSA) is 47.0 Å². The van der Waals surface area contributed by atoms with Gasteiger partial charge in [-0.3, -0.25) is 14.6 Å². The van der Waals surface area contributed by atoms with Crippen molar-refractivity contribution in [3.05, 3.63) is 29.6 Å². The molecule has 1 heterocycles. The summed E-state index contributed by atoms with van der Waals surface area (Å²) < 4.78 is 0. The Morgan fingerprint density at radius 2 is 1.29 bits per heavy atom. The zero-order valence-corrected chi connectivity index (χ0v) is 9.15. The van der Waals surface area contributed by atoms with Crippen molar-refractivity contribution in [2.24, 2.45) is 0 Å². The van der Waals surface area contributed by atoms with Crippen LogP contribution in [0.5, 0.6) is 0 Å². The number of aldehydes is 2. The van der Waals surface area contributed by atoms with Crippen LogP contribution in [0, 0.1) is 0 Å². The van der Waals surface area contributed by atoms with Crippen molar-refractivity contribution < 1.29 is 9.59 Å². The Morgan fingerprint density at radius 3 is 1.57 bits per heavy atom. The van der Waals surface area contributed by atoms with Crippen molar-refractivity contribution in [2.45, 2.75) is 27.7 Å². The average Bonchev–Trinajstić information content (AvgIpc) is 2.34. The Labute approximate surface area is 85.2 Å². The summed E-state index contributed by atoms with van der Waals surface area (Å²) in [6.45, 7) is 8.00. The SMILES string of the molecule is CC.CC.O=Cc1cncc(C=O)c1. The molecule has 0 aliphatic heterocycles. The van der Waals surface area contributed by atoms with Gasteiger partial charge in [-0.15, -0.1) is 0 Å². The third-order valence-corrected chi connectivity index (χ3v) is 1.05. The zero-order chi connectivity index (χ0) is 11.4. The van der Waals surface area contributed by atoms with E-state index in [0.29, 0.717) is 23.7 Å². The van der Waals surface area contributed by atoms with Gasteiger partial charge >= 0.3 is 0 Å². The second-order valence-corrected chi connectivity index (χ2v) is 1.79. The first-order valence-electron chi connectivity index (χ1n) is 4.72. The zero-order valence-electron chi connectivity index (χ0n) is 9.15. The quantitative estimate of drug-likeness (QED) is 0.682. The Morgan fingerprint density at radius 1 is 0.929 bits per heavy atom. The van der Waals surface area contributed by atoms with Gasteiger partial charge in [-0.2, -0.15) is 0 Å². The van der Waals surface area contributed by atoms with Crippen molar-refractivity contribution in [1.82, 2.24) is 4.98 Å². The lowest BCUT2D eigenvalue weighted by Gasteiger charge is -1.88. The molecular formula is C11H17NO2. The molecular weight excluding hydrogens is 178 g/mol. The molecule has 14 heavy (non-hydrogen) atoms. The lowest BCUT2D eigenvalue weighted by molar-refractivity contribution is 0.112. The smallest absolute Gasteiger partial charge is 0.151 e. The lowest BCUT2D eigenvalue weighted by Crippen LogP contribution is -1.86. The fraction of sp³-hybridized carbons (Fsp3) is 0.364. The van der Waals surface area contributed by atoms with E-state index >= 15 is 0 Å². The van der Waals surface area contributed by atoms with Gasteiger partial charge in [0.2, 0.25) is 0 Å². The first-order chi connectivity index (χ1) is 6.86. The molecule has 0 aromatic carbocycles. The lowest BCUT2D eigenvalue weighted by atomic mass is 10.2. The Kier molecular flexibility index (Phi) is 12.3. The molecule has 0 spiro atoms. The number of carbonyl (C=O) groups is 2. The van der Waals surface area contributed by atoms with E-state index in [2.05, 4.69) is 4.98 Å². The maximum atomic E-state index is 10.1. The van der Waals surface area contributed by atoms with Gasteiger partial charge in [-0.05, 0) is 6.07 Å². The highest BCUT2D eigenvalue weighted by atomic mass is 16.1. The summed E-state index contributed by atoms with van der Waals surface area (Å²) >= 11 is 0. The Hall–Kier alpha value is -1.51. The molecule has 3 heteroatoms. The van der Waals surface area contributed by atoms with Crippen LogP contribution in [0.2, 0.25) is 0 Å². The van der Waals surface area contributed by atoms with Crippen LogP contribution in [-0.4, -0.2) is 17.6 Å². The predicted octanol–water partition coefficient (Wildman–Crippen LogP) is 2.76. The van der Waals surface area contributed by atoms with Crippen LogP contribution in [0.3, 0.4) is 0 Å². The minimum atomic E-state index is 0.421.